The Morgan fingerprint density at radius 1 is 0.931 bits per heavy atom. The van der Waals surface area contributed by atoms with Crippen molar-refractivity contribution in [3.05, 3.63) is 78.5 Å². The molecule has 5 heteroatoms. The zero-order chi connectivity index (χ0) is 19.2. The largest absolute Gasteiger partial charge is 0.343 e. The maximum absolute atomic E-state index is 4.41. The minimum Gasteiger partial charge on any atom is -0.343 e. The summed E-state index contributed by atoms with van der Waals surface area (Å²) in [4.78, 5) is 6.56. The van der Waals surface area contributed by atoms with Gasteiger partial charge in [-0.05, 0) is 72.6 Å². The SMILES string of the molecule is C1=C(c2ccncc2)CN(c2cccc(-c3nncn3C3CC3)c2)C=C1C1CC1. The van der Waals surface area contributed by atoms with Crippen molar-refractivity contribution in [3.63, 3.8) is 0 Å². The molecule has 29 heavy (non-hydrogen) atoms. The molecule has 144 valence electrons. The average molecular weight is 381 g/mol. The number of hydrogen-bond acceptors (Lipinski definition) is 4. The van der Waals surface area contributed by atoms with Crippen LogP contribution >= 0.6 is 0 Å². The molecule has 5 nitrogen and oxygen atoms in total. The summed E-state index contributed by atoms with van der Waals surface area (Å²) in [6.07, 6.45) is 15.4. The van der Waals surface area contributed by atoms with Gasteiger partial charge in [-0.3, -0.25) is 4.98 Å². The second kappa shape index (κ2) is 6.69. The van der Waals surface area contributed by atoms with Crippen molar-refractivity contribution in [3.8, 4) is 11.4 Å². The average Bonchev–Trinajstić information content (AvgIpc) is 3.72. The van der Waals surface area contributed by atoms with Crippen molar-refractivity contribution < 1.29 is 0 Å². The Morgan fingerprint density at radius 3 is 2.59 bits per heavy atom. The predicted molar refractivity (Wildman–Crippen MR) is 114 cm³/mol. The predicted octanol–water partition coefficient (Wildman–Crippen LogP) is 4.87. The first kappa shape index (κ1) is 16.7. The molecular formula is C24H23N5. The van der Waals surface area contributed by atoms with Crippen molar-refractivity contribution in [1.29, 1.82) is 0 Å². The molecule has 0 amide bonds. The Kier molecular flexibility index (Phi) is 3.86. The minimum atomic E-state index is 0.571. The number of allylic oxidation sites excluding steroid dienone is 2. The highest BCUT2D eigenvalue weighted by Gasteiger charge is 2.29. The van der Waals surface area contributed by atoms with Gasteiger partial charge in [-0.1, -0.05) is 18.2 Å². The Bertz CT molecular complexity index is 1100. The first-order valence-electron chi connectivity index (χ1n) is 10.4. The van der Waals surface area contributed by atoms with E-state index in [-0.39, 0.29) is 0 Å². The van der Waals surface area contributed by atoms with Gasteiger partial charge in [-0.25, -0.2) is 0 Å². The molecule has 2 aliphatic carbocycles. The second-order valence-electron chi connectivity index (χ2n) is 8.28. The number of aromatic nitrogens is 4. The van der Waals surface area contributed by atoms with Gasteiger partial charge >= 0.3 is 0 Å². The van der Waals surface area contributed by atoms with Crippen LogP contribution in [0.3, 0.4) is 0 Å². The number of rotatable bonds is 5. The number of hydrogen-bond donors (Lipinski definition) is 0. The van der Waals surface area contributed by atoms with E-state index in [0.717, 1.165) is 17.9 Å². The lowest BCUT2D eigenvalue weighted by molar-refractivity contribution is 0.746. The molecule has 2 fully saturated rings. The molecule has 0 atom stereocenters. The van der Waals surface area contributed by atoms with Crippen LogP contribution in [0.15, 0.2) is 73.0 Å². The Morgan fingerprint density at radius 2 is 1.79 bits per heavy atom. The summed E-state index contributed by atoms with van der Waals surface area (Å²) in [7, 11) is 0. The quantitative estimate of drug-likeness (QED) is 0.632. The van der Waals surface area contributed by atoms with Gasteiger partial charge in [-0.15, -0.1) is 10.2 Å². The van der Waals surface area contributed by atoms with Gasteiger partial charge in [0.2, 0.25) is 0 Å². The Balaban J connectivity index is 1.36. The van der Waals surface area contributed by atoms with Crippen LogP contribution in [0.25, 0.3) is 17.0 Å². The molecule has 3 aliphatic rings. The van der Waals surface area contributed by atoms with Gasteiger partial charge < -0.3 is 9.47 Å². The van der Waals surface area contributed by atoms with E-state index in [9.17, 15) is 0 Å². The van der Waals surface area contributed by atoms with Gasteiger partial charge in [0.1, 0.15) is 6.33 Å². The highest BCUT2D eigenvalue weighted by atomic mass is 15.3. The monoisotopic (exact) mass is 381 g/mol. The molecule has 0 saturated heterocycles. The summed E-state index contributed by atoms with van der Waals surface area (Å²) >= 11 is 0. The number of anilines is 1. The molecule has 0 unspecified atom stereocenters. The van der Waals surface area contributed by atoms with Crippen LogP contribution in [0.4, 0.5) is 5.69 Å². The highest BCUT2D eigenvalue weighted by Crippen LogP contribution is 2.42. The fourth-order valence-corrected chi connectivity index (χ4v) is 4.13. The lowest BCUT2D eigenvalue weighted by atomic mass is 9.98. The lowest BCUT2D eigenvalue weighted by Gasteiger charge is -2.28. The molecule has 2 saturated carbocycles. The summed E-state index contributed by atoms with van der Waals surface area (Å²) in [6, 6.07) is 13.5. The normalized spacial score (nSPS) is 19.1. The first-order chi connectivity index (χ1) is 14.3. The summed E-state index contributed by atoms with van der Waals surface area (Å²) in [6.45, 7) is 0.860. The second-order valence-corrected chi connectivity index (χ2v) is 8.28. The van der Waals surface area contributed by atoms with E-state index in [0.29, 0.717) is 12.0 Å². The zero-order valence-corrected chi connectivity index (χ0v) is 16.3. The van der Waals surface area contributed by atoms with E-state index in [1.54, 1.807) is 0 Å². The van der Waals surface area contributed by atoms with Crippen molar-refractivity contribution in [1.82, 2.24) is 19.7 Å². The van der Waals surface area contributed by atoms with E-state index in [4.69, 9.17) is 0 Å². The number of nitrogens with zero attached hydrogens (tertiary/aromatic N) is 5. The Labute approximate surface area is 170 Å². The van der Waals surface area contributed by atoms with Crippen LogP contribution in [0.1, 0.15) is 37.3 Å². The van der Waals surface area contributed by atoms with Crippen molar-refractivity contribution in [2.24, 2.45) is 5.92 Å². The third-order valence-electron chi connectivity index (χ3n) is 6.04. The number of pyridine rings is 1. The van der Waals surface area contributed by atoms with Gasteiger partial charge in [0, 0.05) is 42.4 Å². The summed E-state index contributed by atoms with van der Waals surface area (Å²) in [5, 5.41) is 8.58. The standard InChI is InChI=1S/C24H23N5/c1-2-19(24-27-26-16-29(24)22-6-7-22)13-23(3-1)28-14-20(17-4-5-17)12-21(15-28)18-8-10-25-11-9-18/h1-3,8-14,16-17,22H,4-7,15H2. The fraction of sp³-hybridized carbons (Fsp3) is 0.292. The van der Waals surface area contributed by atoms with Gasteiger partial charge in [0.25, 0.3) is 0 Å². The van der Waals surface area contributed by atoms with Crippen molar-refractivity contribution in [2.75, 3.05) is 11.4 Å². The van der Waals surface area contributed by atoms with Crippen LogP contribution in [-0.2, 0) is 0 Å². The number of benzene rings is 1. The molecule has 3 heterocycles. The summed E-state index contributed by atoms with van der Waals surface area (Å²) < 4.78 is 2.23. The first-order valence-corrected chi connectivity index (χ1v) is 10.4. The van der Waals surface area contributed by atoms with Crippen LogP contribution in [0, 0.1) is 5.92 Å². The van der Waals surface area contributed by atoms with Crippen LogP contribution < -0.4 is 4.90 Å². The van der Waals surface area contributed by atoms with E-state index in [2.05, 4.69) is 73.3 Å². The molecule has 2 aromatic heterocycles. The third kappa shape index (κ3) is 3.27. The third-order valence-corrected chi connectivity index (χ3v) is 6.04. The topological polar surface area (TPSA) is 46.8 Å². The fourth-order valence-electron chi connectivity index (χ4n) is 4.13. The van der Waals surface area contributed by atoms with Crippen molar-refractivity contribution >= 4 is 11.3 Å². The van der Waals surface area contributed by atoms with Crippen LogP contribution in [0.5, 0.6) is 0 Å². The molecule has 0 bridgehead atoms. The van der Waals surface area contributed by atoms with E-state index in [1.807, 2.05) is 18.7 Å². The molecular weight excluding hydrogens is 358 g/mol. The highest BCUT2D eigenvalue weighted by molar-refractivity contribution is 5.77. The van der Waals surface area contributed by atoms with Crippen molar-refractivity contribution in [2.45, 2.75) is 31.7 Å². The summed E-state index contributed by atoms with van der Waals surface area (Å²) in [5.74, 6) is 1.68. The molecule has 3 aromatic rings. The molecule has 1 aliphatic heterocycles. The smallest absolute Gasteiger partial charge is 0.164 e. The van der Waals surface area contributed by atoms with E-state index >= 15 is 0 Å². The van der Waals surface area contributed by atoms with E-state index in [1.165, 1.54) is 48.1 Å². The lowest BCUT2D eigenvalue weighted by Crippen LogP contribution is -2.23. The van der Waals surface area contributed by atoms with Gasteiger partial charge in [0.15, 0.2) is 5.82 Å². The maximum Gasteiger partial charge on any atom is 0.164 e. The Hall–Kier alpha value is -3.21. The molecule has 0 spiro atoms. The van der Waals surface area contributed by atoms with Crippen LogP contribution in [0.2, 0.25) is 0 Å². The molecule has 0 N–H and O–H groups in total. The van der Waals surface area contributed by atoms with E-state index < -0.39 is 0 Å². The zero-order valence-electron chi connectivity index (χ0n) is 16.3. The van der Waals surface area contributed by atoms with Gasteiger partial charge in [0.05, 0.1) is 0 Å². The molecule has 0 radical (unpaired) electrons. The molecule has 6 rings (SSSR count). The summed E-state index contributed by atoms with van der Waals surface area (Å²) in [5.41, 5.74) is 6.37. The van der Waals surface area contributed by atoms with Crippen LogP contribution in [-0.4, -0.2) is 26.3 Å². The minimum absolute atomic E-state index is 0.571. The maximum atomic E-state index is 4.41. The van der Waals surface area contributed by atoms with Gasteiger partial charge in [-0.2, -0.15) is 0 Å². The molecule has 1 aromatic carbocycles.